The minimum atomic E-state index is 0.495. The van der Waals surface area contributed by atoms with E-state index in [1.54, 1.807) is 6.07 Å². The molecule has 1 aliphatic rings. The van der Waals surface area contributed by atoms with Crippen LogP contribution in [0.1, 0.15) is 28.2 Å². The quantitative estimate of drug-likeness (QED) is 0.566. The summed E-state index contributed by atoms with van der Waals surface area (Å²) >= 11 is 0. The van der Waals surface area contributed by atoms with E-state index in [1.165, 1.54) is 5.56 Å². The maximum absolute atomic E-state index is 9.43. The van der Waals surface area contributed by atoms with Gasteiger partial charge < -0.3 is 10.1 Å². The minimum Gasteiger partial charge on any atom is -0.376 e. The molecule has 7 nitrogen and oxygen atoms in total. The molecule has 1 N–H and O–H groups in total. The van der Waals surface area contributed by atoms with Gasteiger partial charge in [0.1, 0.15) is 23.2 Å². The summed E-state index contributed by atoms with van der Waals surface area (Å²) in [4.78, 5) is 14.3. The van der Waals surface area contributed by atoms with Crippen molar-refractivity contribution in [1.29, 1.82) is 5.26 Å². The van der Waals surface area contributed by atoms with Crippen molar-refractivity contribution in [1.82, 2.24) is 19.5 Å². The first kappa shape index (κ1) is 18.3. The molecule has 0 radical (unpaired) electrons. The molecule has 0 bridgehead atoms. The van der Waals surface area contributed by atoms with Crippen LogP contribution < -0.4 is 5.32 Å². The van der Waals surface area contributed by atoms with Crippen LogP contribution in [0.4, 0.5) is 5.82 Å². The van der Waals surface area contributed by atoms with Gasteiger partial charge in [-0.25, -0.2) is 9.97 Å². The van der Waals surface area contributed by atoms with Gasteiger partial charge in [-0.3, -0.25) is 4.57 Å². The van der Waals surface area contributed by atoms with Gasteiger partial charge in [0.2, 0.25) is 5.95 Å². The van der Waals surface area contributed by atoms with Crippen LogP contribution >= 0.6 is 0 Å². The molecule has 0 unspecified atom stereocenters. The third-order valence-electron chi connectivity index (χ3n) is 5.29. The molecule has 3 heterocycles. The normalized spacial score (nSPS) is 13.1. The van der Waals surface area contributed by atoms with Crippen molar-refractivity contribution < 1.29 is 4.74 Å². The predicted molar refractivity (Wildman–Crippen MR) is 113 cm³/mol. The summed E-state index contributed by atoms with van der Waals surface area (Å²) in [5.41, 5.74) is 5.20. The molecule has 4 aromatic rings. The van der Waals surface area contributed by atoms with E-state index in [4.69, 9.17) is 14.7 Å². The molecule has 2 aromatic heterocycles. The number of hydrogen-bond donors (Lipinski definition) is 1. The number of anilines is 1. The zero-order chi connectivity index (χ0) is 20.5. The largest absolute Gasteiger partial charge is 0.376 e. The van der Waals surface area contributed by atoms with Crippen molar-refractivity contribution in [3.8, 4) is 12.0 Å². The first-order valence-corrected chi connectivity index (χ1v) is 9.88. The molecule has 0 aliphatic carbocycles. The van der Waals surface area contributed by atoms with E-state index in [0.717, 1.165) is 34.8 Å². The van der Waals surface area contributed by atoms with Gasteiger partial charge in [-0.15, -0.1) is 0 Å². The highest BCUT2D eigenvalue weighted by molar-refractivity contribution is 5.83. The molecule has 30 heavy (non-hydrogen) atoms. The van der Waals surface area contributed by atoms with Gasteiger partial charge >= 0.3 is 0 Å². The number of nitriles is 1. The van der Waals surface area contributed by atoms with Crippen molar-refractivity contribution >= 4 is 16.9 Å². The maximum Gasteiger partial charge on any atom is 0.237 e. The molecule has 5 rings (SSSR count). The van der Waals surface area contributed by atoms with Gasteiger partial charge in [0.05, 0.1) is 30.0 Å². The number of benzene rings is 2. The Hall–Kier alpha value is -3.76. The van der Waals surface area contributed by atoms with Crippen molar-refractivity contribution in [2.45, 2.75) is 26.5 Å². The number of rotatable bonds is 4. The number of fused-ring (bicyclic) bond motifs is 2. The Morgan fingerprint density at radius 1 is 1.10 bits per heavy atom. The molecule has 0 spiro atoms. The van der Waals surface area contributed by atoms with Crippen LogP contribution in [0.25, 0.3) is 17.0 Å². The van der Waals surface area contributed by atoms with Crippen LogP contribution in [0.5, 0.6) is 0 Å². The van der Waals surface area contributed by atoms with Crippen molar-refractivity contribution in [2.24, 2.45) is 0 Å². The first-order valence-electron chi connectivity index (χ1n) is 9.88. The molecule has 0 saturated carbocycles. The second-order valence-corrected chi connectivity index (χ2v) is 7.22. The van der Waals surface area contributed by atoms with Crippen LogP contribution in [-0.4, -0.2) is 26.1 Å². The van der Waals surface area contributed by atoms with Crippen molar-refractivity contribution in [2.75, 3.05) is 11.9 Å². The molecule has 1 aliphatic heterocycles. The monoisotopic (exact) mass is 396 g/mol. The number of nitrogens with zero attached hydrogens (tertiary/aromatic N) is 5. The standard InChI is InChI=1S/C23H20N6O/c1-15-26-21-17(12-24)8-5-9-20(21)29(15)23-27-19-10-11-30-14-18(19)22(28-23)25-13-16-6-3-2-4-7-16/h2-9H,10-11,13-14H2,1H3,(H,25,27,28). The number of hydrogen-bond acceptors (Lipinski definition) is 6. The number of ether oxygens (including phenoxy) is 1. The zero-order valence-electron chi connectivity index (χ0n) is 16.6. The number of imidazole rings is 1. The third kappa shape index (κ3) is 3.17. The van der Waals surface area contributed by atoms with E-state index in [0.29, 0.717) is 36.8 Å². The highest BCUT2D eigenvalue weighted by Gasteiger charge is 2.21. The average Bonchev–Trinajstić information content (AvgIpc) is 3.13. The van der Waals surface area contributed by atoms with E-state index in [-0.39, 0.29) is 0 Å². The van der Waals surface area contributed by atoms with Crippen LogP contribution in [0.15, 0.2) is 48.5 Å². The van der Waals surface area contributed by atoms with Gasteiger partial charge in [-0.1, -0.05) is 36.4 Å². The van der Waals surface area contributed by atoms with Crippen LogP contribution in [-0.2, 0) is 24.3 Å². The van der Waals surface area contributed by atoms with Gasteiger partial charge in [0.15, 0.2) is 0 Å². The predicted octanol–water partition coefficient (Wildman–Crippen LogP) is 3.68. The summed E-state index contributed by atoms with van der Waals surface area (Å²) in [6.07, 6.45) is 0.736. The molecular formula is C23H20N6O. The molecular weight excluding hydrogens is 376 g/mol. The summed E-state index contributed by atoms with van der Waals surface area (Å²) in [5, 5.41) is 12.9. The number of aromatic nitrogens is 4. The minimum absolute atomic E-state index is 0.495. The molecule has 0 saturated heterocycles. The number of para-hydroxylation sites is 1. The van der Waals surface area contributed by atoms with E-state index in [2.05, 4.69) is 28.5 Å². The topological polar surface area (TPSA) is 88.7 Å². The first-order chi connectivity index (χ1) is 14.7. The van der Waals surface area contributed by atoms with Crippen molar-refractivity contribution in [3.63, 3.8) is 0 Å². The lowest BCUT2D eigenvalue weighted by Gasteiger charge is -2.21. The Kier molecular flexibility index (Phi) is 4.62. The smallest absolute Gasteiger partial charge is 0.237 e. The zero-order valence-corrected chi connectivity index (χ0v) is 16.6. The molecule has 0 amide bonds. The Balaban J connectivity index is 1.62. The molecule has 0 atom stereocenters. The summed E-state index contributed by atoms with van der Waals surface area (Å²) in [7, 11) is 0. The molecule has 7 heteroatoms. The summed E-state index contributed by atoms with van der Waals surface area (Å²) < 4.78 is 7.58. The van der Waals surface area contributed by atoms with Gasteiger partial charge in [-0.05, 0) is 24.6 Å². The maximum atomic E-state index is 9.43. The van der Waals surface area contributed by atoms with E-state index in [9.17, 15) is 5.26 Å². The fourth-order valence-electron chi connectivity index (χ4n) is 3.80. The van der Waals surface area contributed by atoms with Gasteiger partial charge in [0.25, 0.3) is 0 Å². The highest BCUT2D eigenvalue weighted by atomic mass is 16.5. The van der Waals surface area contributed by atoms with Crippen LogP contribution in [0.2, 0.25) is 0 Å². The Labute approximate surface area is 174 Å². The van der Waals surface area contributed by atoms with Crippen LogP contribution in [0, 0.1) is 18.3 Å². The van der Waals surface area contributed by atoms with Gasteiger partial charge in [-0.2, -0.15) is 10.2 Å². The highest BCUT2D eigenvalue weighted by Crippen LogP contribution is 2.27. The lowest BCUT2D eigenvalue weighted by Crippen LogP contribution is -2.19. The number of aryl methyl sites for hydroxylation is 1. The molecule has 148 valence electrons. The summed E-state index contributed by atoms with van der Waals surface area (Å²) in [5.74, 6) is 2.08. The molecule has 2 aromatic carbocycles. The molecule has 0 fully saturated rings. The number of nitrogens with one attached hydrogen (secondary N) is 1. The summed E-state index contributed by atoms with van der Waals surface area (Å²) in [6.45, 7) is 3.70. The summed E-state index contributed by atoms with van der Waals surface area (Å²) in [6, 6.07) is 18.0. The fraction of sp³-hybridized carbons (Fsp3) is 0.217. The lowest BCUT2D eigenvalue weighted by atomic mass is 10.1. The second-order valence-electron chi connectivity index (χ2n) is 7.22. The second kappa shape index (κ2) is 7.58. The van der Waals surface area contributed by atoms with E-state index < -0.39 is 0 Å². The van der Waals surface area contributed by atoms with Crippen LogP contribution in [0.3, 0.4) is 0 Å². The third-order valence-corrected chi connectivity index (χ3v) is 5.29. The SMILES string of the molecule is Cc1nc2c(C#N)cccc2n1-c1nc2c(c(NCc3ccccc3)n1)COCC2. The Morgan fingerprint density at radius 3 is 2.80 bits per heavy atom. The fourth-order valence-corrected chi connectivity index (χ4v) is 3.80. The van der Waals surface area contributed by atoms with Crippen molar-refractivity contribution in [3.05, 3.63) is 76.7 Å². The Bertz CT molecular complexity index is 1270. The van der Waals surface area contributed by atoms with E-state index >= 15 is 0 Å². The van der Waals surface area contributed by atoms with Gasteiger partial charge in [0, 0.05) is 18.5 Å². The lowest BCUT2D eigenvalue weighted by molar-refractivity contribution is 0.109. The van der Waals surface area contributed by atoms with E-state index in [1.807, 2.05) is 41.8 Å². The average molecular weight is 396 g/mol. The Morgan fingerprint density at radius 2 is 1.97 bits per heavy atom.